The maximum Gasteiger partial charge on any atom is 0.257 e. The van der Waals surface area contributed by atoms with E-state index in [9.17, 15) is 9.59 Å². The van der Waals surface area contributed by atoms with E-state index in [1.54, 1.807) is 42.5 Å². The lowest BCUT2D eigenvalue weighted by Gasteiger charge is -2.11. The number of hydrogen-bond acceptors (Lipinski definition) is 5. The van der Waals surface area contributed by atoms with Crippen LogP contribution in [0, 0.1) is 0 Å². The fourth-order valence-electron chi connectivity index (χ4n) is 2.78. The standard InChI is InChI=1S/C22H15ClN2O3S/c23-15-10-11-17(16(12-15)21(27)14-6-2-1-3-7-14)24-20(26)13-29-22-25-18-8-4-5-9-19(18)28-22/h1-12H,13H2,(H,24,26). The van der Waals surface area contributed by atoms with Gasteiger partial charge in [-0.2, -0.15) is 0 Å². The minimum absolute atomic E-state index is 0.0917. The number of amides is 1. The lowest BCUT2D eigenvalue weighted by Crippen LogP contribution is -2.17. The normalized spacial score (nSPS) is 10.8. The number of halogens is 1. The second-order valence-corrected chi connectivity index (χ2v) is 7.53. The van der Waals surface area contributed by atoms with Crippen LogP contribution in [0.5, 0.6) is 0 Å². The monoisotopic (exact) mass is 422 g/mol. The molecule has 0 aliphatic carbocycles. The molecule has 29 heavy (non-hydrogen) atoms. The minimum Gasteiger partial charge on any atom is -0.431 e. The molecule has 1 amide bonds. The minimum atomic E-state index is -0.276. The van der Waals surface area contributed by atoms with Crippen LogP contribution in [-0.4, -0.2) is 22.4 Å². The second kappa shape index (κ2) is 8.51. The number of para-hydroxylation sites is 2. The highest BCUT2D eigenvalue weighted by atomic mass is 35.5. The number of carbonyl (C=O) groups excluding carboxylic acids is 2. The van der Waals surface area contributed by atoms with Gasteiger partial charge >= 0.3 is 0 Å². The van der Waals surface area contributed by atoms with Crippen molar-refractivity contribution in [3.05, 3.63) is 88.9 Å². The molecule has 0 spiro atoms. The van der Waals surface area contributed by atoms with Crippen molar-refractivity contribution < 1.29 is 14.0 Å². The Labute approximate surface area is 176 Å². The van der Waals surface area contributed by atoms with Gasteiger partial charge < -0.3 is 9.73 Å². The first kappa shape index (κ1) is 19.2. The number of benzene rings is 3. The first-order valence-corrected chi connectivity index (χ1v) is 10.1. The number of carbonyl (C=O) groups is 2. The van der Waals surface area contributed by atoms with Crippen molar-refractivity contribution in [3.8, 4) is 0 Å². The van der Waals surface area contributed by atoms with Crippen molar-refractivity contribution in [3.63, 3.8) is 0 Å². The van der Waals surface area contributed by atoms with E-state index in [0.29, 0.717) is 32.6 Å². The Hall–Kier alpha value is -3.09. The molecule has 4 aromatic rings. The number of anilines is 1. The summed E-state index contributed by atoms with van der Waals surface area (Å²) >= 11 is 7.26. The van der Waals surface area contributed by atoms with E-state index >= 15 is 0 Å². The number of ketones is 1. The van der Waals surface area contributed by atoms with Crippen molar-refractivity contribution in [1.29, 1.82) is 0 Å². The molecule has 1 aromatic heterocycles. The number of rotatable bonds is 6. The Kier molecular flexibility index (Phi) is 5.64. The predicted octanol–water partition coefficient (Wildman–Crippen LogP) is 5.44. The lowest BCUT2D eigenvalue weighted by atomic mass is 10.0. The summed E-state index contributed by atoms with van der Waals surface area (Å²) in [6.07, 6.45) is 0. The van der Waals surface area contributed by atoms with Crippen LogP contribution in [0.3, 0.4) is 0 Å². The Morgan fingerprint density at radius 3 is 2.55 bits per heavy atom. The van der Waals surface area contributed by atoms with Gasteiger partial charge in [-0.15, -0.1) is 0 Å². The molecule has 5 nitrogen and oxygen atoms in total. The Morgan fingerprint density at radius 1 is 1.00 bits per heavy atom. The summed E-state index contributed by atoms with van der Waals surface area (Å²) in [6, 6.07) is 21.1. The van der Waals surface area contributed by atoms with Crippen LogP contribution >= 0.6 is 23.4 Å². The largest absolute Gasteiger partial charge is 0.431 e. The van der Waals surface area contributed by atoms with Crippen molar-refractivity contribution in [2.75, 3.05) is 11.1 Å². The fourth-order valence-corrected chi connectivity index (χ4v) is 3.60. The third-order valence-corrected chi connectivity index (χ3v) is 5.20. The number of nitrogens with one attached hydrogen (secondary N) is 1. The second-order valence-electron chi connectivity index (χ2n) is 6.17. The van der Waals surface area contributed by atoms with Gasteiger partial charge in [0.25, 0.3) is 5.22 Å². The van der Waals surface area contributed by atoms with Crippen molar-refractivity contribution in [2.45, 2.75) is 5.22 Å². The number of hydrogen-bond donors (Lipinski definition) is 1. The molecule has 0 saturated heterocycles. The lowest BCUT2D eigenvalue weighted by molar-refractivity contribution is -0.113. The summed E-state index contributed by atoms with van der Waals surface area (Å²) in [7, 11) is 0. The predicted molar refractivity (Wildman–Crippen MR) is 115 cm³/mol. The van der Waals surface area contributed by atoms with E-state index in [-0.39, 0.29) is 17.4 Å². The summed E-state index contributed by atoms with van der Waals surface area (Å²) in [5, 5.41) is 3.62. The summed E-state index contributed by atoms with van der Waals surface area (Å²) in [5.74, 6) is -0.397. The van der Waals surface area contributed by atoms with Gasteiger partial charge in [0.05, 0.1) is 11.4 Å². The van der Waals surface area contributed by atoms with Gasteiger partial charge in [-0.25, -0.2) is 4.98 Å². The highest BCUT2D eigenvalue weighted by molar-refractivity contribution is 7.99. The van der Waals surface area contributed by atoms with Gasteiger partial charge in [0, 0.05) is 16.1 Å². The van der Waals surface area contributed by atoms with E-state index in [1.807, 2.05) is 30.3 Å². The molecule has 1 heterocycles. The molecule has 7 heteroatoms. The molecule has 0 bridgehead atoms. The number of fused-ring (bicyclic) bond motifs is 1. The Morgan fingerprint density at radius 2 is 1.76 bits per heavy atom. The van der Waals surface area contributed by atoms with Gasteiger partial charge in [-0.1, -0.05) is 65.8 Å². The molecular formula is C22H15ClN2O3S. The molecule has 0 aliphatic heterocycles. The van der Waals surface area contributed by atoms with Crippen LogP contribution in [0.1, 0.15) is 15.9 Å². The quantitative estimate of drug-likeness (QED) is 0.330. The maximum absolute atomic E-state index is 12.8. The van der Waals surface area contributed by atoms with E-state index in [1.165, 1.54) is 11.8 Å². The van der Waals surface area contributed by atoms with Gasteiger partial charge in [0.1, 0.15) is 5.52 Å². The molecule has 0 aliphatic rings. The molecule has 0 saturated carbocycles. The molecule has 0 unspecified atom stereocenters. The summed E-state index contributed by atoms with van der Waals surface area (Å²) in [6.45, 7) is 0. The molecule has 0 atom stereocenters. The number of oxazole rings is 1. The van der Waals surface area contributed by atoms with Crippen molar-refractivity contribution >= 4 is 51.8 Å². The molecule has 0 radical (unpaired) electrons. The summed E-state index contributed by atoms with van der Waals surface area (Å²) < 4.78 is 5.60. The van der Waals surface area contributed by atoms with Gasteiger partial charge in [-0.3, -0.25) is 9.59 Å². The van der Waals surface area contributed by atoms with Crippen LogP contribution in [0.2, 0.25) is 5.02 Å². The SMILES string of the molecule is O=C(CSc1nc2ccccc2o1)Nc1ccc(Cl)cc1C(=O)c1ccccc1. The third kappa shape index (κ3) is 4.50. The zero-order chi connectivity index (χ0) is 20.2. The molecule has 0 fully saturated rings. The zero-order valence-corrected chi connectivity index (χ0v) is 16.7. The van der Waals surface area contributed by atoms with Crippen LogP contribution < -0.4 is 5.32 Å². The maximum atomic E-state index is 12.8. The van der Waals surface area contributed by atoms with E-state index in [4.69, 9.17) is 16.0 Å². The van der Waals surface area contributed by atoms with E-state index in [0.717, 1.165) is 5.52 Å². The van der Waals surface area contributed by atoms with Gasteiger partial charge in [-0.05, 0) is 30.3 Å². The Balaban J connectivity index is 1.48. The van der Waals surface area contributed by atoms with Crippen LogP contribution in [-0.2, 0) is 4.79 Å². The smallest absolute Gasteiger partial charge is 0.257 e. The fraction of sp³-hybridized carbons (Fsp3) is 0.0455. The Bertz CT molecular complexity index is 1160. The zero-order valence-electron chi connectivity index (χ0n) is 15.1. The number of thioether (sulfide) groups is 1. The molecule has 144 valence electrons. The topological polar surface area (TPSA) is 72.2 Å². The molecular weight excluding hydrogens is 408 g/mol. The van der Waals surface area contributed by atoms with E-state index in [2.05, 4.69) is 10.3 Å². The summed E-state index contributed by atoms with van der Waals surface area (Å²) in [4.78, 5) is 29.6. The first-order chi connectivity index (χ1) is 14.1. The summed E-state index contributed by atoms with van der Waals surface area (Å²) in [5.41, 5.74) is 2.68. The number of aromatic nitrogens is 1. The average Bonchev–Trinajstić information content (AvgIpc) is 3.17. The first-order valence-electron chi connectivity index (χ1n) is 8.78. The van der Waals surface area contributed by atoms with Gasteiger partial charge in [0.2, 0.25) is 5.91 Å². The average molecular weight is 423 g/mol. The highest BCUT2D eigenvalue weighted by Crippen LogP contribution is 2.26. The van der Waals surface area contributed by atoms with Crippen LogP contribution in [0.4, 0.5) is 5.69 Å². The molecule has 1 N–H and O–H groups in total. The molecule has 3 aromatic carbocycles. The van der Waals surface area contributed by atoms with E-state index < -0.39 is 0 Å². The third-order valence-electron chi connectivity index (χ3n) is 4.14. The van der Waals surface area contributed by atoms with Crippen molar-refractivity contribution in [1.82, 2.24) is 4.98 Å². The highest BCUT2D eigenvalue weighted by Gasteiger charge is 2.17. The van der Waals surface area contributed by atoms with Gasteiger partial charge in [0.15, 0.2) is 11.4 Å². The van der Waals surface area contributed by atoms with Crippen molar-refractivity contribution in [2.24, 2.45) is 0 Å². The van der Waals surface area contributed by atoms with Crippen LogP contribution in [0.15, 0.2) is 82.4 Å². The number of nitrogens with zero attached hydrogens (tertiary/aromatic N) is 1. The van der Waals surface area contributed by atoms with Crippen LogP contribution in [0.25, 0.3) is 11.1 Å². The molecule has 4 rings (SSSR count).